The number of hydrogen-bond donors (Lipinski definition) is 2. The molecular formula is C24H28N4O4. The molecule has 8 heteroatoms. The number of rotatable bonds is 8. The standard InChI is InChI=1S/C24H28N4O4/c1-24(2,3)32-23(29)26-22-28-27-21(31-22)14-25-20-13-19(20)17-9-11-18(12-10-17)30-15-16-7-5-4-6-8-16/h4-12,19-20,25H,13-15H2,1-3H3,(H,26,28,29). The van der Waals surface area contributed by atoms with Gasteiger partial charge in [0.2, 0.25) is 5.89 Å². The van der Waals surface area contributed by atoms with Gasteiger partial charge in [0.15, 0.2) is 0 Å². The summed E-state index contributed by atoms with van der Waals surface area (Å²) < 4.78 is 16.5. The van der Waals surface area contributed by atoms with Gasteiger partial charge in [-0.25, -0.2) is 10.1 Å². The Kier molecular flexibility index (Phi) is 6.41. The highest BCUT2D eigenvalue weighted by molar-refractivity contribution is 5.81. The van der Waals surface area contributed by atoms with E-state index in [1.54, 1.807) is 20.8 Å². The molecule has 1 aliphatic carbocycles. The van der Waals surface area contributed by atoms with Gasteiger partial charge < -0.3 is 19.2 Å². The fourth-order valence-electron chi connectivity index (χ4n) is 3.33. The molecule has 0 aliphatic heterocycles. The van der Waals surface area contributed by atoms with Crippen LogP contribution >= 0.6 is 0 Å². The molecule has 1 heterocycles. The lowest BCUT2D eigenvalue weighted by Crippen LogP contribution is -2.27. The zero-order chi connectivity index (χ0) is 22.6. The summed E-state index contributed by atoms with van der Waals surface area (Å²) in [6.45, 7) is 6.35. The van der Waals surface area contributed by atoms with Crippen LogP contribution in [0, 0.1) is 0 Å². The quantitative estimate of drug-likeness (QED) is 0.531. The van der Waals surface area contributed by atoms with E-state index in [0.29, 0.717) is 31.0 Å². The Hall–Kier alpha value is -3.39. The minimum Gasteiger partial charge on any atom is -0.489 e. The molecule has 1 amide bonds. The van der Waals surface area contributed by atoms with Crippen LogP contribution < -0.4 is 15.4 Å². The molecule has 0 radical (unpaired) electrons. The monoisotopic (exact) mass is 436 g/mol. The number of aromatic nitrogens is 2. The molecule has 2 aromatic carbocycles. The van der Waals surface area contributed by atoms with Gasteiger partial charge in [-0.3, -0.25) is 0 Å². The van der Waals surface area contributed by atoms with E-state index in [9.17, 15) is 4.79 Å². The number of hydrogen-bond acceptors (Lipinski definition) is 7. The minimum atomic E-state index is -0.626. The van der Waals surface area contributed by atoms with Crippen molar-refractivity contribution < 1.29 is 18.7 Å². The maximum atomic E-state index is 11.8. The third-order valence-corrected chi connectivity index (χ3v) is 4.94. The van der Waals surface area contributed by atoms with Gasteiger partial charge in [-0.15, -0.1) is 5.10 Å². The van der Waals surface area contributed by atoms with Crippen LogP contribution in [0.15, 0.2) is 59.0 Å². The Bertz CT molecular complexity index is 1030. The van der Waals surface area contributed by atoms with Gasteiger partial charge >= 0.3 is 12.1 Å². The first-order valence-corrected chi connectivity index (χ1v) is 10.7. The van der Waals surface area contributed by atoms with E-state index in [0.717, 1.165) is 17.7 Å². The highest BCUT2D eigenvalue weighted by Crippen LogP contribution is 2.41. The Labute approximate surface area is 187 Å². The number of anilines is 1. The van der Waals surface area contributed by atoms with Crippen LogP contribution in [-0.4, -0.2) is 27.9 Å². The first-order chi connectivity index (χ1) is 15.4. The zero-order valence-electron chi connectivity index (χ0n) is 18.5. The Balaban J connectivity index is 1.20. The van der Waals surface area contributed by atoms with Gasteiger partial charge in [0.1, 0.15) is 18.0 Å². The van der Waals surface area contributed by atoms with E-state index in [2.05, 4.69) is 45.1 Å². The molecule has 2 atom stereocenters. The van der Waals surface area contributed by atoms with E-state index in [1.807, 2.05) is 30.3 Å². The summed E-state index contributed by atoms with van der Waals surface area (Å²) in [5.41, 5.74) is 1.82. The normalized spacial score (nSPS) is 17.6. The minimum absolute atomic E-state index is 0.0227. The molecule has 2 N–H and O–H groups in total. The van der Waals surface area contributed by atoms with Crippen molar-refractivity contribution in [1.82, 2.24) is 15.5 Å². The van der Waals surface area contributed by atoms with E-state index in [-0.39, 0.29) is 6.01 Å². The number of amides is 1. The fraction of sp³-hybridized carbons (Fsp3) is 0.375. The molecule has 3 aromatic rings. The third-order valence-electron chi connectivity index (χ3n) is 4.94. The summed E-state index contributed by atoms with van der Waals surface area (Å²) in [5, 5.41) is 13.6. The van der Waals surface area contributed by atoms with E-state index in [4.69, 9.17) is 13.9 Å². The molecule has 0 saturated heterocycles. The average molecular weight is 437 g/mol. The van der Waals surface area contributed by atoms with Crippen molar-refractivity contribution in [3.63, 3.8) is 0 Å². The Morgan fingerprint density at radius 1 is 1.09 bits per heavy atom. The average Bonchev–Trinajstić information content (AvgIpc) is 3.40. The lowest BCUT2D eigenvalue weighted by atomic mass is 10.1. The maximum Gasteiger partial charge on any atom is 0.415 e. The van der Waals surface area contributed by atoms with E-state index >= 15 is 0 Å². The SMILES string of the molecule is CC(C)(C)OC(=O)Nc1nnc(CNC2CC2c2ccc(OCc3ccccc3)cc2)o1. The number of carbonyl (C=O) groups excluding carboxylic acids is 1. The van der Waals surface area contributed by atoms with E-state index < -0.39 is 11.7 Å². The summed E-state index contributed by atoms with van der Waals surface area (Å²) in [6.07, 6.45) is 0.417. The summed E-state index contributed by atoms with van der Waals surface area (Å²) in [7, 11) is 0. The van der Waals surface area contributed by atoms with Gasteiger partial charge in [0.05, 0.1) is 6.54 Å². The van der Waals surface area contributed by atoms with Gasteiger partial charge in [-0.05, 0) is 50.5 Å². The molecular weight excluding hydrogens is 408 g/mol. The molecule has 168 valence electrons. The summed E-state index contributed by atoms with van der Waals surface area (Å²) >= 11 is 0. The van der Waals surface area contributed by atoms with Gasteiger partial charge in [-0.2, -0.15) is 0 Å². The smallest absolute Gasteiger partial charge is 0.415 e. The molecule has 1 aliphatic rings. The largest absolute Gasteiger partial charge is 0.489 e. The molecule has 4 rings (SSSR count). The van der Waals surface area contributed by atoms with Crippen molar-refractivity contribution in [2.75, 3.05) is 5.32 Å². The van der Waals surface area contributed by atoms with Crippen LogP contribution in [0.25, 0.3) is 0 Å². The first kappa shape index (κ1) is 21.8. The van der Waals surface area contributed by atoms with Gasteiger partial charge in [0, 0.05) is 12.0 Å². The van der Waals surface area contributed by atoms with Crippen molar-refractivity contribution >= 4 is 12.1 Å². The lowest BCUT2D eigenvalue weighted by Gasteiger charge is -2.18. The number of nitrogens with zero attached hydrogens (tertiary/aromatic N) is 2. The number of benzene rings is 2. The van der Waals surface area contributed by atoms with Crippen LogP contribution in [0.3, 0.4) is 0 Å². The third kappa shape index (κ3) is 6.31. The Morgan fingerprint density at radius 3 is 2.56 bits per heavy atom. The van der Waals surface area contributed by atoms with Crippen molar-refractivity contribution in [2.24, 2.45) is 0 Å². The maximum absolute atomic E-state index is 11.8. The van der Waals surface area contributed by atoms with Gasteiger partial charge in [0.25, 0.3) is 0 Å². The fourth-order valence-corrected chi connectivity index (χ4v) is 3.33. The van der Waals surface area contributed by atoms with E-state index in [1.165, 1.54) is 5.56 Å². The molecule has 32 heavy (non-hydrogen) atoms. The molecule has 1 aromatic heterocycles. The van der Waals surface area contributed by atoms with Crippen molar-refractivity contribution in [3.8, 4) is 5.75 Å². The van der Waals surface area contributed by atoms with Crippen LogP contribution in [0.2, 0.25) is 0 Å². The molecule has 1 saturated carbocycles. The molecule has 1 fully saturated rings. The Morgan fingerprint density at radius 2 is 1.84 bits per heavy atom. The van der Waals surface area contributed by atoms with Crippen LogP contribution in [0.1, 0.15) is 50.1 Å². The first-order valence-electron chi connectivity index (χ1n) is 10.7. The van der Waals surface area contributed by atoms with Gasteiger partial charge in [-0.1, -0.05) is 47.6 Å². The van der Waals surface area contributed by atoms with Crippen molar-refractivity contribution in [3.05, 3.63) is 71.6 Å². The predicted octanol–water partition coefficient (Wildman–Crippen LogP) is 4.64. The highest BCUT2D eigenvalue weighted by atomic mass is 16.6. The molecule has 0 bridgehead atoms. The molecule has 2 unspecified atom stereocenters. The second-order valence-corrected chi connectivity index (χ2v) is 8.80. The summed E-state index contributed by atoms with van der Waals surface area (Å²) in [6, 6.07) is 18.7. The summed E-state index contributed by atoms with van der Waals surface area (Å²) in [4.78, 5) is 11.8. The molecule has 8 nitrogen and oxygen atoms in total. The van der Waals surface area contributed by atoms with Crippen LogP contribution in [0.5, 0.6) is 5.75 Å². The van der Waals surface area contributed by atoms with Crippen LogP contribution in [0.4, 0.5) is 10.8 Å². The topological polar surface area (TPSA) is 98.5 Å². The van der Waals surface area contributed by atoms with Crippen molar-refractivity contribution in [1.29, 1.82) is 0 Å². The van der Waals surface area contributed by atoms with Crippen LogP contribution in [-0.2, 0) is 17.9 Å². The second-order valence-electron chi connectivity index (χ2n) is 8.80. The number of ether oxygens (including phenoxy) is 2. The number of nitrogens with one attached hydrogen (secondary N) is 2. The molecule has 0 spiro atoms. The predicted molar refractivity (Wildman–Crippen MR) is 119 cm³/mol. The second kappa shape index (κ2) is 9.40. The van der Waals surface area contributed by atoms with Crippen molar-refractivity contribution in [2.45, 2.75) is 57.9 Å². The summed E-state index contributed by atoms with van der Waals surface area (Å²) in [5.74, 6) is 1.71. The highest BCUT2D eigenvalue weighted by Gasteiger charge is 2.38. The lowest BCUT2D eigenvalue weighted by molar-refractivity contribution is 0.0631. The zero-order valence-corrected chi connectivity index (χ0v) is 18.5. The number of carbonyl (C=O) groups is 1.